The van der Waals surface area contributed by atoms with Gasteiger partial charge in [-0.3, -0.25) is 9.59 Å². The van der Waals surface area contributed by atoms with Crippen molar-refractivity contribution in [2.75, 3.05) is 0 Å². The second-order valence-corrected chi connectivity index (χ2v) is 4.64. The lowest BCUT2D eigenvalue weighted by molar-refractivity contribution is 0.0886. The molecule has 0 saturated carbocycles. The average molecular weight is 323 g/mol. The van der Waals surface area contributed by atoms with Gasteiger partial charge in [0.05, 0.1) is 12.0 Å². The van der Waals surface area contributed by atoms with Gasteiger partial charge in [0.2, 0.25) is 5.78 Å². The van der Waals surface area contributed by atoms with E-state index in [4.69, 9.17) is 0 Å². The fourth-order valence-corrected chi connectivity index (χ4v) is 1.84. The van der Waals surface area contributed by atoms with Gasteiger partial charge in [-0.05, 0) is 24.3 Å². The molecular formula is C13H8BrFN2O2. The summed E-state index contributed by atoms with van der Waals surface area (Å²) in [4.78, 5) is 31.1. The number of carbonyl (C=O) groups is 2. The standard InChI is InChI=1S/C13H8BrFN2O2/c14-8-2-3-10(15)9(6-8)11(18)7-12(19)13-16-4-1-5-17-13/h1-6H,7H2. The van der Waals surface area contributed by atoms with Crippen LogP contribution in [0.2, 0.25) is 0 Å². The summed E-state index contributed by atoms with van der Waals surface area (Å²) in [5.41, 5.74) is -0.126. The van der Waals surface area contributed by atoms with Crippen LogP contribution in [0.25, 0.3) is 0 Å². The lowest BCUT2D eigenvalue weighted by Crippen LogP contribution is -2.12. The first kappa shape index (κ1) is 13.5. The summed E-state index contributed by atoms with van der Waals surface area (Å²) >= 11 is 3.15. The largest absolute Gasteiger partial charge is 0.294 e. The highest BCUT2D eigenvalue weighted by Gasteiger charge is 2.18. The maximum absolute atomic E-state index is 13.5. The van der Waals surface area contributed by atoms with Crippen molar-refractivity contribution < 1.29 is 14.0 Å². The van der Waals surface area contributed by atoms with Gasteiger partial charge in [-0.15, -0.1) is 0 Å². The SMILES string of the molecule is O=C(CC(=O)c1cc(Br)ccc1F)c1ncccn1. The van der Waals surface area contributed by atoms with Gasteiger partial charge in [0.1, 0.15) is 5.82 Å². The van der Waals surface area contributed by atoms with E-state index in [9.17, 15) is 14.0 Å². The number of nitrogens with zero attached hydrogens (tertiary/aromatic N) is 2. The molecule has 0 aliphatic heterocycles. The molecule has 0 N–H and O–H groups in total. The van der Waals surface area contributed by atoms with Crippen molar-refractivity contribution in [2.24, 2.45) is 0 Å². The predicted molar refractivity (Wildman–Crippen MR) is 69.4 cm³/mol. The topological polar surface area (TPSA) is 59.9 Å². The predicted octanol–water partition coefficient (Wildman–Crippen LogP) is 2.83. The van der Waals surface area contributed by atoms with E-state index in [1.165, 1.54) is 30.6 Å². The zero-order valence-electron chi connectivity index (χ0n) is 9.64. The van der Waals surface area contributed by atoms with E-state index in [2.05, 4.69) is 25.9 Å². The summed E-state index contributed by atoms with van der Waals surface area (Å²) in [6.45, 7) is 0. The van der Waals surface area contributed by atoms with E-state index < -0.39 is 23.8 Å². The molecule has 6 heteroatoms. The van der Waals surface area contributed by atoms with Crippen LogP contribution in [0, 0.1) is 5.82 Å². The zero-order valence-corrected chi connectivity index (χ0v) is 11.2. The quantitative estimate of drug-likeness (QED) is 0.641. The molecule has 0 bridgehead atoms. The van der Waals surface area contributed by atoms with Crippen LogP contribution in [0.3, 0.4) is 0 Å². The third kappa shape index (κ3) is 3.29. The summed E-state index contributed by atoms with van der Waals surface area (Å²) in [5.74, 6) is -1.84. The molecule has 0 radical (unpaired) electrons. The number of ketones is 2. The first-order valence-electron chi connectivity index (χ1n) is 5.36. The summed E-state index contributed by atoms with van der Waals surface area (Å²) in [5, 5.41) is 0. The zero-order chi connectivity index (χ0) is 13.8. The van der Waals surface area contributed by atoms with E-state index in [0.717, 1.165) is 0 Å². The molecule has 0 unspecified atom stereocenters. The molecule has 1 heterocycles. The highest BCUT2D eigenvalue weighted by atomic mass is 79.9. The molecule has 0 atom stereocenters. The van der Waals surface area contributed by atoms with Crippen molar-refractivity contribution in [3.8, 4) is 0 Å². The summed E-state index contributed by atoms with van der Waals surface area (Å²) in [7, 11) is 0. The average Bonchev–Trinajstić information content (AvgIpc) is 2.42. The normalized spacial score (nSPS) is 10.2. The molecule has 96 valence electrons. The van der Waals surface area contributed by atoms with Crippen LogP contribution in [0.15, 0.2) is 41.1 Å². The Morgan fingerprint density at radius 1 is 1.16 bits per heavy atom. The minimum atomic E-state index is -0.657. The lowest BCUT2D eigenvalue weighted by atomic mass is 10.1. The molecule has 0 aliphatic carbocycles. The van der Waals surface area contributed by atoms with Crippen LogP contribution < -0.4 is 0 Å². The Morgan fingerprint density at radius 3 is 2.53 bits per heavy atom. The summed E-state index contributed by atoms with van der Waals surface area (Å²) in [6.07, 6.45) is 2.35. The number of aromatic nitrogens is 2. The first-order valence-corrected chi connectivity index (χ1v) is 6.15. The third-order valence-electron chi connectivity index (χ3n) is 2.37. The van der Waals surface area contributed by atoms with Gasteiger partial charge in [-0.2, -0.15) is 0 Å². The second kappa shape index (κ2) is 5.79. The van der Waals surface area contributed by atoms with Crippen molar-refractivity contribution in [3.05, 3.63) is 58.3 Å². The van der Waals surface area contributed by atoms with E-state index in [1.54, 1.807) is 6.07 Å². The maximum atomic E-state index is 13.5. The fraction of sp³-hybridized carbons (Fsp3) is 0.0769. The molecule has 19 heavy (non-hydrogen) atoms. The lowest BCUT2D eigenvalue weighted by Gasteiger charge is -2.02. The maximum Gasteiger partial charge on any atom is 0.207 e. The van der Waals surface area contributed by atoms with Crippen molar-refractivity contribution in [1.82, 2.24) is 9.97 Å². The summed E-state index contributed by atoms with van der Waals surface area (Å²) < 4.78 is 14.1. The molecule has 0 saturated heterocycles. The van der Waals surface area contributed by atoms with E-state index >= 15 is 0 Å². The molecule has 2 rings (SSSR count). The summed E-state index contributed by atoms with van der Waals surface area (Å²) in [6, 6.07) is 5.55. The number of rotatable bonds is 4. The number of halogens is 2. The van der Waals surface area contributed by atoms with Crippen LogP contribution in [-0.2, 0) is 0 Å². The molecule has 0 fully saturated rings. The molecule has 0 amide bonds. The van der Waals surface area contributed by atoms with Crippen LogP contribution in [0.5, 0.6) is 0 Å². The first-order chi connectivity index (χ1) is 9.08. The van der Waals surface area contributed by atoms with Gasteiger partial charge in [0.25, 0.3) is 0 Å². The van der Waals surface area contributed by atoms with Crippen LogP contribution in [-0.4, -0.2) is 21.5 Å². The van der Waals surface area contributed by atoms with E-state index in [0.29, 0.717) is 4.47 Å². The van der Waals surface area contributed by atoms with Gasteiger partial charge < -0.3 is 0 Å². The molecule has 4 nitrogen and oxygen atoms in total. The minimum absolute atomic E-state index is 0.0498. The van der Waals surface area contributed by atoms with Crippen molar-refractivity contribution in [3.63, 3.8) is 0 Å². The highest BCUT2D eigenvalue weighted by Crippen LogP contribution is 2.17. The number of benzene rings is 1. The Labute approximate surface area is 116 Å². The third-order valence-corrected chi connectivity index (χ3v) is 2.86. The number of carbonyl (C=O) groups excluding carboxylic acids is 2. The second-order valence-electron chi connectivity index (χ2n) is 3.72. The Kier molecular flexibility index (Phi) is 4.11. The van der Waals surface area contributed by atoms with Gasteiger partial charge in [-0.1, -0.05) is 15.9 Å². The Balaban J connectivity index is 2.18. The van der Waals surface area contributed by atoms with Gasteiger partial charge in [0.15, 0.2) is 11.6 Å². The van der Waals surface area contributed by atoms with Crippen molar-refractivity contribution in [1.29, 1.82) is 0 Å². The molecule has 1 aromatic carbocycles. The van der Waals surface area contributed by atoms with E-state index in [-0.39, 0.29) is 11.4 Å². The van der Waals surface area contributed by atoms with Crippen LogP contribution >= 0.6 is 15.9 Å². The highest BCUT2D eigenvalue weighted by molar-refractivity contribution is 9.10. The monoisotopic (exact) mass is 322 g/mol. The fourth-order valence-electron chi connectivity index (χ4n) is 1.47. The molecule has 0 spiro atoms. The van der Waals surface area contributed by atoms with Gasteiger partial charge in [0, 0.05) is 16.9 Å². The molecule has 2 aromatic rings. The smallest absolute Gasteiger partial charge is 0.207 e. The number of hydrogen-bond acceptors (Lipinski definition) is 4. The van der Waals surface area contributed by atoms with Crippen molar-refractivity contribution >= 4 is 27.5 Å². The molecule has 1 aromatic heterocycles. The Hall–Kier alpha value is -1.95. The number of Topliss-reactive ketones (excluding diaryl/α,β-unsaturated/α-hetero) is 2. The van der Waals surface area contributed by atoms with Crippen LogP contribution in [0.1, 0.15) is 27.4 Å². The van der Waals surface area contributed by atoms with Gasteiger partial charge >= 0.3 is 0 Å². The van der Waals surface area contributed by atoms with Crippen LogP contribution in [0.4, 0.5) is 4.39 Å². The van der Waals surface area contributed by atoms with Gasteiger partial charge in [-0.25, -0.2) is 14.4 Å². The van der Waals surface area contributed by atoms with Crippen molar-refractivity contribution in [2.45, 2.75) is 6.42 Å². The van der Waals surface area contributed by atoms with E-state index in [1.807, 2.05) is 0 Å². The molecule has 0 aliphatic rings. The molecular weight excluding hydrogens is 315 g/mol. The minimum Gasteiger partial charge on any atom is -0.294 e. The Morgan fingerprint density at radius 2 is 1.84 bits per heavy atom. The number of hydrogen-bond donors (Lipinski definition) is 0. The Bertz CT molecular complexity index is 632.